The fourth-order valence-corrected chi connectivity index (χ4v) is 4.08. The number of piperidine rings is 1. The maximum Gasteiger partial charge on any atom is 0.331 e. The predicted octanol–water partition coefficient (Wildman–Crippen LogP) is 3.60. The van der Waals surface area contributed by atoms with Crippen molar-refractivity contribution in [1.29, 1.82) is 0 Å². The van der Waals surface area contributed by atoms with E-state index < -0.39 is 11.5 Å². The van der Waals surface area contributed by atoms with Gasteiger partial charge in [-0.2, -0.15) is 0 Å². The monoisotopic (exact) mass is 372 g/mol. The van der Waals surface area contributed by atoms with Crippen molar-refractivity contribution in [3.8, 4) is 0 Å². The maximum atomic E-state index is 12.0. The van der Waals surface area contributed by atoms with Crippen LogP contribution >= 0.6 is 27.5 Å². The maximum absolute atomic E-state index is 12.0. The Morgan fingerprint density at radius 2 is 2.24 bits per heavy atom. The number of anilines is 1. The highest BCUT2D eigenvalue weighted by molar-refractivity contribution is 9.10. The Balaban J connectivity index is 1.91. The number of carboxylic acids is 1. The number of halogens is 2. The van der Waals surface area contributed by atoms with E-state index in [-0.39, 0.29) is 6.04 Å². The minimum Gasteiger partial charge on any atom is -0.479 e. The van der Waals surface area contributed by atoms with Crippen molar-refractivity contribution in [2.75, 3.05) is 18.4 Å². The van der Waals surface area contributed by atoms with Gasteiger partial charge in [-0.15, -0.1) is 0 Å². The first-order valence-electron chi connectivity index (χ1n) is 7.23. The number of carboxylic acid groups (broad SMARTS) is 1. The average Bonchev–Trinajstić information content (AvgIpc) is 2.84. The molecule has 6 heteroatoms. The third-order valence-corrected chi connectivity index (χ3v) is 5.86. The van der Waals surface area contributed by atoms with E-state index in [0.717, 1.165) is 36.1 Å². The van der Waals surface area contributed by atoms with Crippen LogP contribution in [0.25, 0.3) is 0 Å². The fraction of sp³-hybridized carbons (Fsp3) is 0.533. The second-order valence-corrected chi connectivity index (χ2v) is 7.09. The number of hydrogen-bond acceptors (Lipinski definition) is 3. The van der Waals surface area contributed by atoms with Gasteiger partial charge < -0.3 is 10.4 Å². The molecule has 1 aromatic carbocycles. The van der Waals surface area contributed by atoms with E-state index in [1.54, 1.807) is 6.07 Å². The van der Waals surface area contributed by atoms with Gasteiger partial charge in [0.15, 0.2) is 5.54 Å². The Morgan fingerprint density at radius 3 is 2.95 bits per heavy atom. The largest absolute Gasteiger partial charge is 0.479 e. The molecular weight excluding hydrogens is 356 g/mol. The molecule has 2 unspecified atom stereocenters. The zero-order valence-corrected chi connectivity index (χ0v) is 14.0. The highest BCUT2D eigenvalue weighted by Crippen LogP contribution is 2.38. The molecule has 2 aliphatic heterocycles. The lowest BCUT2D eigenvalue weighted by atomic mass is 9.85. The summed E-state index contributed by atoms with van der Waals surface area (Å²) >= 11 is 9.40. The summed E-state index contributed by atoms with van der Waals surface area (Å²) in [6, 6.07) is 5.53. The molecule has 1 aromatic rings. The standard InChI is InChI=1S/C15H18BrClN2O2/c16-11-9-10(4-5-12(11)17)18-15(14(20)21)6-8-19-7-2-1-3-13(15)19/h4-5,9,13,18H,1-3,6-8H2,(H,20,21). The van der Waals surface area contributed by atoms with Gasteiger partial charge in [-0.3, -0.25) is 4.90 Å². The second kappa shape index (κ2) is 5.78. The number of benzene rings is 1. The summed E-state index contributed by atoms with van der Waals surface area (Å²) in [7, 11) is 0. The summed E-state index contributed by atoms with van der Waals surface area (Å²) in [5.74, 6) is -0.761. The van der Waals surface area contributed by atoms with E-state index in [1.807, 2.05) is 12.1 Å². The normalized spacial score (nSPS) is 29.1. The van der Waals surface area contributed by atoms with Crippen molar-refractivity contribution in [2.45, 2.75) is 37.3 Å². The quantitative estimate of drug-likeness (QED) is 0.850. The van der Waals surface area contributed by atoms with Gasteiger partial charge in [-0.25, -0.2) is 4.79 Å². The molecule has 21 heavy (non-hydrogen) atoms. The number of hydrogen-bond donors (Lipinski definition) is 2. The lowest BCUT2D eigenvalue weighted by Crippen LogP contribution is -2.57. The van der Waals surface area contributed by atoms with Gasteiger partial charge in [0.1, 0.15) is 0 Å². The number of aliphatic carboxylic acids is 1. The summed E-state index contributed by atoms with van der Waals surface area (Å²) in [6.45, 7) is 1.85. The van der Waals surface area contributed by atoms with E-state index in [4.69, 9.17) is 11.6 Å². The van der Waals surface area contributed by atoms with Crippen molar-refractivity contribution in [3.05, 3.63) is 27.7 Å². The molecule has 0 spiro atoms. The molecule has 2 saturated heterocycles. The van der Waals surface area contributed by atoms with E-state index in [0.29, 0.717) is 11.4 Å². The van der Waals surface area contributed by atoms with Gasteiger partial charge >= 0.3 is 5.97 Å². The van der Waals surface area contributed by atoms with Crippen LogP contribution < -0.4 is 5.32 Å². The van der Waals surface area contributed by atoms with Crippen molar-refractivity contribution in [2.24, 2.45) is 0 Å². The van der Waals surface area contributed by atoms with E-state index >= 15 is 0 Å². The molecule has 114 valence electrons. The van der Waals surface area contributed by atoms with Crippen LogP contribution in [0.15, 0.2) is 22.7 Å². The lowest BCUT2D eigenvalue weighted by molar-refractivity contribution is -0.143. The molecule has 2 N–H and O–H groups in total. The SMILES string of the molecule is O=C(O)C1(Nc2ccc(Cl)c(Br)c2)CCN2CCCCC21. The molecule has 0 radical (unpaired) electrons. The Hall–Kier alpha value is -0.780. The summed E-state index contributed by atoms with van der Waals surface area (Å²) in [5, 5.41) is 13.8. The van der Waals surface area contributed by atoms with E-state index in [1.165, 1.54) is 6.42 Å². The first kappa shape index (κ1) is 15.1. The number of fused-ring (bicyclic) bond motifs is 1. The molecule has 0 saturated carbocycles. The second-order valence-electron chi connectivity index (χ2n) is 5.83. The number of rotatable bonds is 3. The van der Waals surface area contributed by atoms with Gasteiger partial charge in [-0.1, -0.05) is 18.0 Å². The van der Waals surface area contributed by atoms with Gasteiger partial charge in [0.2, 0.25) is 0 Å². The Labute approximate surface area is 137 Å². The smallest absolute Gasteiger partial charge is 0.331 e. The fourth-order valence-electron chi connectivity index (χ4n) is 3.58. The summed E-state index contributed by atoms with van der Waals surface area (Å²) in [6.07, 6.45) is 3.84. The van der Waals surface area contributed by atoms with Crippen LogP contribution in [0.3, 0.4) is 0 Å². The highest BCUT2D eigenvalue weighted by atomic mass is 79.9. The van der Waals surface area contributed by atoms with Crippen LogP contribution in [0.4, 0.5) is 5.69 Å². The van der Waals surface area contributed by atoms with E-state index in [9.17, 15) is 9.90 Å². The minimum absolute atomic E-state index is 0.0678. The van der Waals surface area contributed by atoms with Crippen molar-refractivity contribution in [3.63, 3.8) is 0 Å². The number of nitrogens with one attached hydrogen (secondary N) is 1. The average molecular weight is 374 g/mol. The minimum atomic E-state index is -0.895. The van der Waals surface area contributed by atoms with Crippen molar-refractivity contribution in [1.82, 2.24) is 4.90 Å². The summed E-state index contributed by atoms with van der Waals surface area (Å²) in [4.78, 5) is 14.3. The highest BCUT2D eigenvalue weighted by Gasteiger charge is 2.53. The first-order valence-corrected chi connectivity index (χ1v) is 8.41. The number of nitrogens with zero attached hydrogens (tertiary/aromatic N) is 1. The lowest BCUT2D eigenvalue weighted by Gasteiger charge is -2.39. The van der Waals surface area contributed by atoms with Crippen molar-refractivity contribution >= 4 is 39.2 Å². The molecule has 0 aromatic heterocycles. The number of carbonyl (C=O) groups is 1. The van der Waals surface area contributed by atoms with Crippen LogP contribution in [-0.2, 0) is 4.79 Å². The Morgan fingerprint density at radius 1 is 1.43 bits per heavy atom. The van der Waals surface area contributed by atoms with Crippen LogP contribution in [0.1, 0.15) is 25.7 Å². The molecule has 2 fully saturated rings. The van der Waals surface area contributed by atoms with Gasteiger partial charge in [-0.05, 0) is 59.9 Å². The zero-order chi connectivity index (χ0) is 15.0. The first-order chi connectivity index (χ1) is 10.0. The topological polar surface area (TPSA) is 52.6 Å². The molecule has 2 heterocycles. The van der Waals surface area contributed by atoms with Gasteiger partial charge in [0.05, 0.1) is 5.02 Å². The third kappa shape index (κ3) is 2.67. The Kier molecular flexibility index (Phi) is 4.17. The van der Waals surface area contributed by atoms with Crippen LogP contribution in [0, 0.1) is 0 Å². The molecular formula is C15H18BrClN2O2. The third-order valence-electron chi connectivity index (χ3n) is 4.64. The van der Waals surface area contributed by atoms with Crippen LogP contribution in [0.5, 0.6) is 0 Å². The summed E-state index contributed by atoms with van der Waals surface area (Å²) < 4.78 is 0.771. The van der Waals surface area contributed by atoms with E-state index in [2.05, 4.69) is 26.1 Å². The summed E-state index contributed by atoms with van der Waals surface area (Å²) in [5.41, 5.74) is -0.102. The van der Waals surface area contributed by atoms with Crippen LogP contribution in [-0.4, -0.2) is 40.6 Å². The molecule has 0 bridgehead atoms. The van der Waals surface area contributed by atoms with Crippen molar-refractivity contribution < 1.29 is 9.90 Å². The zero-order valence-electron chi connectivity index (χ0n) is 11.6. The Bertz CT molecular complexity index is 569. The molecule has 0 amide bonds. The van der Waals surface area contributed by atoms with Crippen LogP contribution in [0.2, 0.25) is 5.02 Å². The molecule has 2 aliphatic rings. The predicted molar refractivity (Wildman–Crippen MR) is 87.0 cm³/mol. The molecule has 2 atom stereocenters. The molecule has 4 nitrogen and oxygen atoms in total. The van der Waals surface area contributed by atoms with Gasteiger partial charge in [0, 0.05) is 22.7 Å². The molecule has 3 rings (SSSR count). The van der Waals surface area contributed by atoms with Gasteiger partial charge in [0.25, 0.3) is 0 Å². The molecule has 0 aliphatic carbocycles.